The zero-order valence-corrected chi connectivity index (χ0v) is 21.3. The van der Waals surface area contributed by atoms with Gasteiger partial charge in [0.25, 0.3) is 0 Å². The molecule has 0 spiro atoms. The molecule has 3 N–H and O–H groups in total. The lowest BCUT2D eigenvalue weighted by atomic mass is 9.98. The Balaban J connectivity index is 1.72. The van der Waals surface area contributed by atoms with Gasteiger partial charge in [-0.15, -0.1) is 11.8 Å². The summed E-state index contributed by atoms with van der Waals surface area (Å²) in [6.45, 7) is 0. The standard InChI is InChI=1S/C28H26N4O3S/c1-33-25-13-18(14-26(34-2)27(25)35-3)24-15-22(23(16-29)28(30)32-24)17-5-7-19(8-6-17)31-20-9-11-21(36-4)12-10-20/h5-15,31H,1-4H3,(H2,30,32). The van der Waals surface area contributed by atoms with E-state index in [0.717, 1.165) is 16.9 Å². The summed E-state index contributed by atoms with van der Waals surface area (Å²) in [6, 6.07) is 23.7. The van der Waals surface area contributed by atoms with Crippen LogP contribution in [0, 0.1) is 11.3 Å². The van der Waals surface area contributed by atoms with Crippen molar-refractivity contribution in [3.63, 3.8) is 0 Å². The molecule has 8 heteroatoms. The van der Waals surface area contributed by atoms with Gasteiger partial charge < -0.3 is 25.3 Å². The van der Waals surface area contributed by atoms with Crippen LogP contribution in [0.2, 0.25) is 0 Å². The van der Waals surface area contributed by atoms with Crippen molar-refractivity contribution in [3.05, 3.63) is 72.3 Å². The number of hydrogen-bond acceptors (Lipinski definition) is 8. The number of benzene rings is 3. The van der Waals surface area contributed by atoms with Crippen LogP contribution in [0.25, 0.3) is 22.4 Å². The third kappa shape index (κ3) is 5.02. The van der Waals surface area contributed by atoms with Crippen LogP contribution >= 0.6 is 11.8 Å². The van der Waals surface area contributed by atoms with Crippen molar-refractivity contribution < 1.29 is 14.2 Å². The number of pyridine rings is 1. The van der Waals surface area contributed by atoms with E-state index in [1.807, 2.05) is 42.5 Å². The topological polar surface area (TPSA) is 102 Å². The molecule has 0 atom stereocenters. The Morgan fingerprint density at radius 1 is 0.833 bits per heavy atom. The number of nitrogens with zero attached hydrogens (tertiary/aromatic N) is 2. The first-order valence-corrected chi connectivity index (χ1v) is 12.3. The maximum atomic E-state index is 9.81. The number of nitriles is 1. The lowest BCUT2D eigenvalue weighted by Gasteiger charge is -2.15. The fraction of sp³-hybridized carbons (Fsp3) is 0.143. The summed E-state index contributed by atoms with van der Waals surface area (Å²) in [4.78, 5) is 5.69. The highest BCUT2D eigenvalue weighted by Crippen LogP contribution is 2.42. The Morgan fingerprint density at radius 3 is 1.92 bits per heavy atom. The summed E-state index contributed by atoms with van der Waals surface area (Å²) < 4.78 is 16.4. The first kappa shape index (κ1) is 24.8. The maximum absolute atomic E-state index is 9.81. The average molecular weight is 499 g/mol. The van der Waals surface area contributed by atoms with Gasteiger partial charge in [-0.3, -0.25) is 0 Å². The number of methoxy groups -OCH3 is 3. The van der Waals surface area contributed by atoms with E-state index in [1.54, 1.807) is 45.2 Å². The molecule has 182 valence electrons. The predicted octanol–water partition coefficient (Wildman–Crippen LogP) is 6.36. The van der Waals surface area contributed by atoms with Gasteiger partial charge in [0.1, 0.15) is 17.5 Å². The van der Waals surface area contributed by atoms with Gasteiger partial charge in [-0.1, -0.05) is 12.1 Å². The number of anilines is 3. The molecular weight excluding hydrogens is 472 g/mol. The molecule has 1 aromatic heterocycles. The van der Waals surface area contributed by atoms with Crippen LogP contribution in [0.3, 0.4) is 0 Å². The monoisotopic (exact) mass is 498 g/mol. The van der Waals surface area contributed by atoms with Crippen LogP contribution in [-0.2, 0) is 0 Å². The van der Waals surface area contributed by atoms with Crippen LogP contribution in [0.15, 0.2) is 71.6 Å². The van der Waals surface area contributed by atoms with Crippen LogP contribution < -0.4 is 25.3 Å². The molecule has 4 aromatic rings. The minimum absolute atomic E-state index is 0.148. The molecule has 0 saturated heterocycles. The minimum atomic E-state index is 0.148. The molecule has 7 nitrogen and oxygen atoms in total. The number of aromatic nitrogens is 1. The molecule has 0 saturated carbocycles. The lowest BCUT2D eigenvalue weighted by molar-refractivity contribution is 0.324. The molecule has 0 bridgehead atoms. The van der Waals surface area contributed by atoms with E-state index in [2.05, 4.69) is 34.8 Å². The highest BCUT2D eigenvalue weighted by Gasteiger charge is 2.18. The predicted molar refractivity (Wildman–Crippen MR) is 145 cm³/mol. The Bertz CT molecular complexity index is 1390. The van der Waals surface area contributed by atoms with Gasteiger partial charge in [0.2, 0.25) is 5.75 Å². The third-order valence-electron chi connectivity index (χ3n) is 5.69. The number of nitrogen functional groups attached to an aromatic ring is 1. The third-order valence-corrected chi connectivity index (χ3v) is 6.44. The van der Waals surface area contributed by atoms with Gasteiger partial charge in [-0.05, 0) is 66.4 Å². The quantitative estimate of drug-likeness (QED) is 0.271. The van der Waals surface area contributed by atoms with Gasteiger partial charge in [-0.25, -0.2) is 4.98 Å². The summed E-state index contributed by atoms with van der Waals surface area (Å²) >= 11 is 1.70. The smallest absolute Gasteiger partial charge is 0.203 e. The molecule has 1 heterocycles. The lowest BCUT2D eigenvalue weighted by Crippen LogP contribution is -2.01. The molecule has 0 unspecified atom stereocenters. The molecule has 0 fully saturated rings. The first-order valence-electron chi connectivity index (χ1n) is 11.0. The van der Waals surface area contributed by atoms with E-state index in [1.165, 1.54) is 4.90 Å². The molecule has 4 rings (SSSR count). The van der Waals surface area contributed by atoms with Gasteiger partial charge in [0.15, 0.2) is 11.5 Å². The van der Waals surface area contributed by atoms with Gasteiger partial charge in [0.05, 0.1) is 27.0 Å². The Morgan fingerprint density at radius 2 is 1.42 bits per heavy atom. The van der Waals surface area contributed by atoms with Crippen molar-refractivity contribution in [1.29, 1.82) is 5.26 Å². The molecule has 3 aromatic carbocycles. The van der Waals surface area contributed by atoms with E-state index in [9.17, 15) is 5.26 Å². The fourth-order valence-electron chi connectivity index (χ4n) is 3.86. The number of thioether (sulfide) groups is 1. The molecule has 0 aliphatic carbocycles. The zero-order valence-electron chi connectivity index (χ0n) is 20.5. The van der Waals surface area contributed by atoms with E-state index in [-0.39, 0.29) is 5.82 Å². The van der Waals surface area contributed by atoms with E-state index < -0.39 is 0 Å². The van der Waals surface area contributed by atoms with Crippen LogP contribution in [0.4, 0.5) is 17.2 Å². The van der Waals surface area contributed by atoms with Crippen LogP contribution in [-0.4, -0.2) is 32.6 Å². The molecule has 0 aliphatic rings. The van der Waals surface area contributed by atoms with Crippen molar-refractivity contribution >= 4 is 29.0 Å². The largest absolute Gasteiger partial charge is 0.493 e. The summed E-state index contributed by atoms with van der Waals surface area (Å²) in [5.41, 5.74) is 11.3. The second kappa shape index (κ2) is 10.9. The highest BCUT2D eigenvalue weighted by atomic mass is 32.2. The molecule has 0 radical (unpaired) electrons. The normalized spacial score (nSPS) is 10.4. The number of nitrogens with one attached hydrogen (secondary N) is 1. The van der Waals surface area contributed by atoms with Crippen molar-refractivity contribution in [2.24, 2.45) is 0 Å². The Hall–Kier alpha value is -4.35. The van der Waals surface area contributed by atoms with Crippen LogP contribution in [0.1, 0.15) is 5.56 Å². The zero-order chi connectivity index (χ0) is 25.7. The highest BCUT2D eigenvalue weighted by molar-refractivity contribution is 7.98. The summed E-state index contributed by atoms with van der Waals surface area (Å²) in [7, 11) is 4.66. The van der Waals surface area contributed by atoms with Gasteiger partial charge in [0, 0.05) is 27.4 Å². The number of ether oxygens (including phenoxy) is 3. The fourth-order valence-corrected chi connectivity index (χ4v) is 4.27. The summed E-state index contributed by atoms with van der Waals surface area (Å²) in [5.74, 6) is 1.63. The van der Waals surface area contributed by atoms with E-state index in [0.29, 0.717) is 39.6 Å². The average Bonchev–Trinajstić information content (AvgIpc) is 2.92. The number of rotatable bonds is 8. The molecule has 0 aliphatic heterocycles. The molecule has 36 heavy (non-hydrogen) atoms. The van der Waals surface area contributed by atoms with Crippen LogP contribution in [0.5, 0.6) is 17.2 Å². The molecular formula is C28H26N4O3S. The van der Waals surface area contributed by atoms with Gasteiger partial charge >= 0.3 is 0 Å². The van der Waals surface area contributed by atoms with Crippen molar-refractivity contribution in [3.8, 4) is 45.7 Å². The number of hydrogen-bond donors (Lipinski definition) is 2. The van der Waals surface area contributed by atoms with Crippen molar-refractivity contribution in [2.75, 3.05) is 38.6 Å². The number of nitrogens with two attached hydrogens (primary N) is 1. The van der Waals surface area contributed by atoms with Crippen molar-refractivity contribution in [2.45, 2.75) is 4.90 Å². The Labute approximate surface area is 214 Å². The minimum Gasteiger partial charge on any atom is -0.493 e. The summed E-state index contributed by atoms with van der Waals surface area (Å²) in [5, 5.41) is 13.2. The van der Waals surface area contributed by atoms with E-state index >= 15 is 0 Å². The second-order valence-corrected chi connectivity index (χ2v) is 8.65. The summed E-state index contributed by atoms with van der Waals surface area (Å²) in [6.07, 6.45) is 2.05. The molecule has 0 amide bonds. The maximum Gasteiger partial charge on any atom is 0.203 e. The van der Waals surface area contributed by atoms with Crippen molar-refractivity contribution in [1.82, 2.24) is 4.98 Å². The SMILES string of the molecule is COc1cc(-c2cc(-c3ccc(Nc4ccc(SC)cc4)cc3)c(C#N)c(N)n2)cc(OC)c1OC. The second-order valence-electron chi connectivity index (χ2n) is 7.77. The first-order chi connectivity index (χ1) is 17.5. The van der Waals surface area contributed by atoms with E-state index in [4.69, 9.17) is 19.9 Å². The Kier molecular flexibility index (Phi) is 7.52. The van der Waals surface area contributed by atoms with Gasteiger partial charge in [-0.2, -0.15) is 5.26 Å².